The summed E-state index contributed by atoms with van der Waals surface area (Å²) in [7, 11) is 0. The van der Waals surface area contributed by atoms with E-state index in [1.807, 2.05) is 30.3 Å². The van der Waals surface area contributed by atoms with Crippen LogP contribution in [0.2, 0.25) is 0 Å². The average Bonchev–Trinajstić information content (AvgIpc) is 3.65. The molecule has 0 atom stereocenters. The van der Waals surface area contributed by atoms with Crippen LogP contribution in [0.4, 0.5) is 4.39 Å². The van der Waals surface area contributed by atoms with Gasteiger partial charge >= 0.3 is 5.97 Å². The van der Waals surface area contributed by atoms with Crippen molar-refractivity contribution in [3.63, 3.8) is 0 Å². The lowest BCUT2D eigenvalue weighted by Gasteiger charge is -2.17. The standard InChI is InChI=1S/C55H47FN4O9/c56-44-26-34(28-46-54(65)60-32-47(35-13-16-37(61)17-14-35)58-45(52(60)59-46)27-33-10-6-5-7-11-33)12-23-48(44)68-25-9-4-2-1-3-8-24-57-53(64)36-15-20-40(55(66)67)43(29-36)51-41-21-18-38(62)30-49(41)69-50-31-39(63)19-22-42(50)51/h5-7,10-23,26,29-32,61-62,65H,1-4,8-9,24-25,27-28H2,(H,57,64)(H,66,67). The number of aromatic nitrogens is 3. The lowest BCUT2D eigenvalue weighted by Crippen LogP contribution is -2.24. The van der Waals surface area contributed by atoms with Crippen molar-refractivity contribution in [1.29, 1.82) is 0 Å². The van der Waals surface area contributed by atoms with E-state index in [2.05, 4.69) is 5.32 Å². The van der Waals surface area contributed by atoms with Gasteiger partial charge < -0.3 is 34.9 Å². The van der Waals surface area contributed by atoms with Crippen molar-refractivity contribution in [2.75, 3.05) is 13.2 Å². The van der Waals surface area contributed by atoms with Gasteiger partial charge in [0.05, 0.1) is 23.6 Å². The van der Waals surface area contributed by atoms with Gasteiger partial charge in [-0.1, -0.05) is 62.1 Å². The molecule has 0 fully saturated rings. The van der Waals surface area contributed by atoms with Crippen LogP contribution in [0.3, 0.4) is 0 Å². The number of fused-ring (bicyclic) bond motifs is 3. The number of hydrogen-bond acceptors (Lipinski definition) is 10. The summed E-state index contributed by atoms with van der Waals surface area (Å²) in [6.45, 7) is 0.758. The van der Waals surface area contributed by atoms with Gasteiger partial charge in [0.1, 0.15) is 28.5 Å². The van der Waals surface area contributed by atoms with E-state index in [4.69, 9.17) is 19.1 Å². The van der Waals surface area contributed by atoms with E-state index < -0.39 is 11.8 Å². The lowest BCUT2D eigenvalue weighted by molar-refractivity contribution is 0.0697. The summed E-state index contributed by atoms with van der Waals surface area (Å²) in [5.41, 5.74) is 5.89. The molecule has 5 aromatic carbocycles. The summed E-state index contributed by atoms with van der Waals surface area (Å²) in [6.07, 6.45) is 7.41. The van der Waals surface area contributed by atoms with E-state index in [0.29, 0.717) is 64.4 Å². The quantitative estimate of drug-likeness (QED) is 0.0406. The molecule has 0 saturated heterocycles. The zero-order valence-corrected chi connectivity index (χ0v) is 37.3. The van der Waals surface area contributed by atoms with Gasteiger partial charge in [-0.3, -0.25) is 14.0 Å². The van der Waals surface area contributed by atoms with Crippen LogP contribution in [0, 0.1) is 5.82 Å². The van der Waals surface area contributed by atoms with Gasteiger partial charge in [0, 0.05) is 65.4 Å². The molecule has 3 heterocycles. The number of nitrogens with zero attached hydrogens (tertiary/aromatic N) is 3. The predicted octanol–water partition coefficient (Wildman–Crippen LogP) is 10.6. The van der Waals surface area contributed by atoms with Gasteiger partial charge in [0.25, 0.3) is 5.91 Å². The SMILES string of the molecule is O=C(NCCCCCCCCOc1ccc(Cc2nc3c(Cc4ccccc4)nc(-c4ccc(O)cc4)cn3c2O)cc1F)c1ccc(C(=O)O)c(-c2c3ccc(=O)cc-3oc3cc(O)ccc23)c1. The lowest BCUT2D eigenvalue weighted by atomic mass is 9.89. The number of carbonyl (C=O) groups is 2. The summed E-state index contributed by atoms with van der Waals surface area (Å²) >= 11 is 0. The van der Waals surface area contributed by atoms with Gasteiger partial charge in [0.15, 0.2) is 22.6 Å². The Balaban J connectivity index is 0.751. The largest absolute Gasteiger partial charge is 0.508 e. The van der Waals surface area contributed by atoms with Crippen molar-refractivity contribution < 1.29 is 43.6 Å². The van der Waals surface area contributed by atoms with Gasteiger partial charge in [-0.15, -0.1) is 0 Å². The van der Waals surface area contributed by atoms with Crippen molar-refractivity contribution in [1.82, 2.24) is 19.7 Å². The van der Waals surface area contributed by atoms with E-state index in [1.54, 1.807) is 59.1 Å². The van der Waals surface area contributed by atoms with E-state index >= 15 is 4.39 Å². The number of benzene rings is 6. The van der Waals surface area contributed by atoms with Crippen molar-refractivity contribution in [2.24, 2.45) is 0 Å². The molecule has 14 heteroatoms. The van der Waals surface area contributed by atoms with Crippen LogP contribution in [0.1, 0.15) is 81.8 Å². The van der Waals surface area contributed by atoms with Gasteiger partial charge in [-0.05, 0) is 108 Å². The molecule has 0 bridgehead atoms. The number of phenols is 2. The average molecular weight is 927 g/mol. The van der Waals surface area contributed by atoms with Crippen molar-refractivity contribution in [3.8, 4) is 56.8 Å². The number of aromatic carboxylic acids is 1. The molecular formula is C55H47FN4O9. The Labute approximate surface area is 395 Å². The van der Waals surface area contributed by atoms with Crippen molar-refractivity contribution in [3.05, 3.63) is 183 Å². The fourth-order valence-electron chi connectivity index (χ4n) is 8.55. The summed E-state index contributed by atoms with van der Waals surface area (Å²) in [5.74, 6) is -1.71. The van der Waals surface area contributed by atoms with Crippen LogP contribution in [-0.4, -0.2) is 59.8 Å². The zero-order chi connectivity index (χ0) is 48.0. The molecule has 2 aliphatic rings. The number of unbranched alkanes of at least 4 members (excludes halogenated alkanes) is 5. The summed E-state index contributed by atoms with van der Waals surface area (Å²) in [6, 6.07) is 34.3. The highest BCUT2D eigenvalue weighted by Gasteiger charge is 2.24. The second kappa shape index (κ2) is 20.1. The zero-order valence-electron chi connectivity index (χ0n) is 37.3. The molecule has 0 saturated carbocycles. The number of aromatic hydroxyl groups is 3. The minimum atomic E-state index is -1.19. The molecule has 1 aliphatic heterocycles. The fraction of sp³-hybridized carbons (Fsp3) is 0.182. The maximum atomic E-state index is 15.3. The smallest absolute Gasteiger partial charge is 0.336 e. The number of carboxylic acids is 1. The minimum Gasteiger partial charge on any atom is -0.508 e. The predicted molar refractivity (Wildman–Crippen MR) is 259 cm³/mol. The Kier molecular flexibility index (Phi) is 13.3. The Morgan fingerprint density at radius 3 is 2.25 bits per heavy atom. The second-order valence-electron chi connectivity index (χ2n) is 16.9. The molecule has 1 aliphatic carbocycles. The summed E-state index contributed by atoms with van der Waals surface area (Å²) in [4.78, 5) is 47.6. The number of phenolic OH excluding ortho intramolecular Hbond substituents is 2. The second-order valence-corrected chi connectivity index (χ2v) is 16.9. The topological polar surface area (TPSA) is 197 Å². The maximum absolute atomic E-state index is 15.3. The molecule has 1 amide bonds. The number of amides is 1. The molecular weight excluding hydrogens is 880 g/mol. The van der Waals surface area contributed by atoms with Crippen LogP contribution >= 0.6 is 0 Å². The van der Waals surface area contributed by atoms with E-state index in [0.717, 1.165) is 49.7 Å². The van der Waals surface area contributed by atoms with Crippen LogP contribution in [-0.2, 0) is 12.8 Å². The van der Waals surface area contributed by atoms with Gasteiger partial charge in [-0.2, -0.15) is 0 Å². The monoisotopic (exact) mass is 926 g/mol. The Hall–Kier alpha value is -8.52. The molecule has 9 rings (SSSR count). The molecule has 348 valence electrons. The Morgan fingerprint density at radius 2 is 1.46 bits per heavy atom. The van der Waals surface area contributed by atoms with E-state index in [1.165, 1.54) is 48.5 Å². The van der Waals surface area contributed by atoms with Crippen LogP contribution in [0.15, 0.2) is 143 Å². The Morgan fingerprint density at radius 1 is 0.710 bits per heavy atom. The fourth-order valence-corrected chi connectivity index (χ4v) is 8.55. The summed E-state index contributed by atoms with van der Waals surface area (Å²) < 4.78 is 28.6. The molecule has 5 N–H and O–H groups in total. The maximum Gasteiger partial charge on any atom is 0.336 e. The number of halogens is 1. The molecule has 0 radical (unpaired) electrons. The number of ether oxygens (including phenoxy) is 1. The van der Waals surface area contributed by atoms with E-state index in [-0.39, 0.29) is 68.9 Å². The third-order valence-electron chi connectivity index (χ3n) is 12.0. The number of carbonyl (C=O) groups excluding carboxylic acids is 1. The third-order valence-corrected chi connectivity index (χ3v) is 12.0. The third kappa shape index (κ3) is 10.2. The van der Waals surface area contributed by atoms with Crippen molar-refractivity contribution >= 4 is 28.5 Å². The first-order valence-corrected chi connectivity index (χ1v) is 22.7. The van der Waals surface area contributed by atoms with Crippen LogP contribution in [0.5, 0.6) is 23.1 Å². The minimum absolute atomic E-state index is 0.0409. The number of imidazole rings is 1. The van der Waals surface area contributed by atoms with Gasteiger partial charge in [-0.25, -0.2) is 19.2 Å². The first-order valence-electron chi connectivity index (χ1n) is 22.7. The first kappa shape index (κ1) is 45.6. The highest BCUT2D eigenvalue weighted by Crippen LogP contribution is 2.42. The molecule has 0 spiro atoms. The highest BCUT2D eigenvalue weighted by atomic mass is 19.1. The molecule has 69 heavy (non-hydrogen) atoms. The molecule has 7 aromatic rings. The Bertz CT molecular complexity index is 3370. The molecule has 2 aromatic heterocycles. The van der Waals surface area contributed by atoms with Crippen molar-refractivity contribution in [2.45, 2.75) is 51.4 Å². The van der Waals surface area contributed by atoms with Crippen LogP contribution < -0.4 is 15.5 Å². The normalized spacial score (nSPS) is 11.4. The number of hydrogen-bond donors (Lipinski definition) is 5. The molecule has 13 nitrogen and oxygen atoms in total. The molecule has 0 unspecified atom stereocenters. The highest BCUT2D eigenvalue weighted by molar-refractivity contribution is 6.09. The number of rotatable bonds is 18. The number of carboxylic acid groups (broad SMARTS) is 1. The van der Waals surface area contributed by atoms with Gasteiger partial charge in [0.2, 0.25) is 5.88 Å². The first-order chi connectivity index (χ1) is 33.5. The number of nitrogens with one attached hydrogen (secondary N) is 1. The van der Waals surface area contributed by atoms with E-state index in [9.17, 15) is 34.8 Å². The van der Waals surface area contributed by atoms with Crippen LogP contribution in [0.25, 0.3) is 50.3 Å². The summed E-state index contributed by atoms with van der Waals surface area (Å²) in [5, 5.41) is 44.9.